The van der Waals surface area contributed by atoms with Gasteiger partial charge in [-0.15, -0.1) is 11.3 Å². The molecule has 0 spiro atoms. The van der Waals surface area contributed by atoms with E-state index in [1.54, 1.807) is 48.0 Å². The highest BCUT2D eigenvalue weighted by Crippen LogP contribution is 2.18. The molecule has 23 heavy (non-hydrogen) atoms. The number of carbonyl (C=O) groups is 1. The topological polar surface area (TPSA) is 64.4 Å². The molecule has 1 amide bonds. The maximum Gasteiger partial charge on any atom is 0.271 e. The summed E-state index contributed by atoms with van der Waals surface area (Å²) in [5.74, 6) is 1.16. The van der Waals surface area contributed by atoms with Crippen molar-refractivity contribution >= 4 is 28.8 Å². The van der Waals surface area contributed by atoms with Gasteiger partial charge < -0.3 is 14.5 Å². The van der Waals surface area contributed by atoms with Crippen molar-refractivity contribution in [2.45, 2.75) is 13.2 Å². The van der Waals surface area contributed by atoms with Crippen molar-refractivity contribution in [1.82, 2.24) is 10.3 Å². The summed E-state index contributed by atoms with van der Waals surface area (Å²) in [7, 11) is 0. The molecule has 0 aliphatic carbocycles. The molecule has 1 N–H and O–H groups in total. The van der Waals surface area contributed by atoms with E-state index >= 15 is 0 Å². The van der Waals surface area contributed by atoms with Crippen molar-refractivity contribution < 1.29 is 13.9 Å². The van der Waals surface area contributed by atoms with Crippen molar-refractivity contribution in [3.05, 3.63) is 69.5 Å². The lowest BCUT2D eigenvalue weighted by molar-refractivity contribution is 0.0943. The fraction of sp³-hybridized carbons (Fsp3) is 0.125. The second kappa shape index (κ2) is 7.30. The first-order valence-corrected chi connectivity index (χ1v) is 8.10. The first kappa shape index (κ1) is 15.6. The molecule has 0 bridgehead atoms. The van der Waals surface area contributed by atoms with E-state index < -0.39 is 0 Å². The van der Waals surface area contributed by atoms with Crippen LogP contribution in [0.4, 0.5) is 0 Å². The van der Waals surface area contributed by atoms with E-state index in [1.165, 1.54) is 11.3 Å². The molecule has 2 heterocycles. The maximum absolute atomic E-state index is 12.0. The third-order valence-electron chi connectivity index (χ3n) is 2.96. The molecule has 0 atom stereocenters. The minimum atomic E-state index is -0.240. The monoisotopic (exact) mass is 348 g/mol. The minimum absolute atomic E-state index is 0.240. The third-order valence-corrected chi connectivity index (χ3v) is 4.04. The van der Waals surface area contributed by atoms with Crippen LogP contribution < -0.4 is 10.1 Å². The van der Waals surface area contributed by atoms with Crippen LogP contribution in [0.2, 0.25) is 5.02 Å². The summed E-state index contributed by atoms with van der Waals surface area (Å²) in [6, 6.07) is 10.7. The van der Waals surface area contributed by atoms with E-state index in [0.29, 0.717) is 35.4 Å². The summed E-state index contributed by atoms with van der Waals surface area (Å²) in [6.45, 7) is 0.637. The molecule has 0 aliphatic rings. The Bertz CT molecular complexity index is 769. The molecule has 3 rings (SSSR count). The number of nitrogens with zero attached hydrogens (tertiary/aromatic N) is 1. The first-order chi connectivity index (χ1) is 11.2. The lowest BCUT2D eigenvalue weighted by atomic mass is 10.3. The summed E-state index contributed by atoms with van der Waals surface area (Å²) in [4.78, 5) is 16.3. The van der Waals surface area contributed by atoms with E-state index in [0.717, 1.165) is 5.01 Å². The first-order valence-electron chi connectivity index (χ1n) is 6.84. The van der Waals surface area contributed by atoms with Crippen LogP contribution in [0.1, 0.15) is 21.3 Å². The van der Waals surface area contributed by atoms with Crippen LogP contribution in [0.25, 0.3) is 0 Å². The number of amides is 1. The summed E-state index contributed by atoms with van der Waals surface area (Å²) in [5.41, 5.74) is 0.372. The number of hydrogen-bond donors (Lipinski definition) is 1. The number of rotatable bonds is 6. The number of aromatic nitrogens is 1. The standard InChI is InChI=1S/C16H13ClN2O3S/c17-11-3-5-12(6-4-11)22-9-15-19-14(10-23-15)16(20)18-8-13-2-1-7-21-13/h1-7,10H,8-9H2,(H,18,20). The quantitative estimate of drug-likeness (QED) is 0.733. The Kier molecular flexibility index (Phi) is 4.95. The molecule has 0 saturated carbocycles. The predicted molar refractivity (Wildman–Crippen MR) is 87.8 cm³/mol. The molecule has 7 heteroatoms. The van der Waals surface area contributed by atoms with Gasteiger partial charge in [0, 0.05) is 10.4 Å². The minimum Gasteiger partial charge on any atom is -0.486 e. The second-order valence-electron chi connectivity index (χ2n) is 4.63. The van der Waals surface area contributed by atoms with Crippen LogP contribution in [0.15, 0.2) is 52.5 Å². The zero-order valence-electron chi connectivity index (χ0n) is 12.0. The van der Waals surface area contributed by atoms with Gasteiger partial charge in [0.05, 0.1) is 12.8 Å². The van der Waals surface area contributed by atoms with Crippen molar-refractivity contribution in [1.29, 1.82) is 0 Å². The largest absolute Gasteiger partial charge is 0.486 e. The van der Waals surface area contributed by atoms with Gasteiger partial charge in [0.1, 0.15) is 28.8 Å². The molecular formula is C16H13ClN2O3S. The smallest absolute Gasteiger partial charge is 0.271 e. The van der Waals surface area contributed by atoms with Gasteiger partial charge in [0.25, 0.3) is 5.91 Å². The molecule has 0 radical (unpaired) electrons. The zero-order valence-corrected chi connectivity index (χ0v) is 13.6. The highest BCUT2D eigenvalue weighted by Gasteiger charge is 2.11. The Morgan fingerprint density at radius 3 is 2.87 bits per heavy atom. The van der Waals surface area contributed by atoms with Crippen molar-refractivity contribution in [3.63, 3.8) is 0 Å². The van der Waals surface area contributed by atoms with Gasteiger partial charge in [0.2, 0.25) is 0 Å². The molecule has 1 aromatic carbocycles. The summed E-state index contributed by atoms with van der Waals surface area (Å²) >= 11 is 7.19. The number of carbonyl (C=O) groups excluding carboxylic acids is 1. The number of halogens is 1. The Morgan fingerprint density at radius 2 is 2.13 bits per heavy atom. The zero-order chi connectivity index (χ0) is 16.1. The Labute approximate surface area is 141 Å². The van der Waals surface area contributed by atoms with Crippen LogP contribution in [0.3, 0.4) is 0 Å². The van der Waals surface area contributed by atoms with Gasteiger partial charge in [0.15, 0.2) is 0 Å². The summed E-state index contributed by atoms with van der Waals surface area (Å²) in [6.07, 6.45) is 1.57. The van der Waals surface area contributed by atoms with Crippen LogP contribution >= 0.6 is 22.9 Å². The van der Waals surface area contributed by atoms with E-state index in [-0.39, 0.29) is 5.91 Å². The van der Waals surface area contributed by atoms with E-state index in [2.05, 4.69) is 10.3 Å². The highest BCUT2D eigenvalue weighted by atomic mass is 35.5. The lowest BCUT2D eigenvalue weighted by Gasteiger charge is -2.03. The molecule has 0 fully saturated rings. The fourth-order valence-corrected chi connectivity index (χ4v) is 2.64. The number of nitrogens with one attached hydrogen (secondary N) is 1. The fourth-order valence-electron chi connectivity index (χ4n) is 1.83. The molecule has 0 aliphatic heterocycles. The normalized spacial score (nSPS) is 10.5. The van der Waals surface area contributed by atoms with E-state index in [9.17, 15) is 4.79 Å². The molecule has 3 aromatic rings. The summed E-state index contributed by atoms with van der Waals surface area (Å²) < 4.78 is 10.8. The van der Waals surface area contributed by atoms with Gasteiger partial charge in [-0.2, -0.15) is 0 Å². The van der Waals surface area contributed by atoms with Crippen LogP contribution in [0, 0.1) is 0 Å². The Morgan fingerprint density at radius 1 is 1.30 bits per heavy atom. The second-order valence-corrected chi connectivity index (χ2v) is 6.01. The van der Waals surface area contributed by atoms with Crippen molar-refractivity contribution in [2.24, 2.45) is 0 Å². The van der Waals surface area contributed by atoms with Crippen LogP contribution in [-0.2, 0) is 13.2 Å². The van der Waals surface area contributed by atoms with Crippen molar-refractivity contribution in [2.75, 3.05) is 0 Å². The number of thiazole rings is 1. The van der Waals surface area contributed by atoms with Gasteiger partial charge >= 0.3 is 0 Å². The predicted octanol–water partition coefficient (Wildman–Crippen LogP) is 3.90. The molecule has 2 aromatic heterocycles. The van der Waals surface area contributed by atoms with E-state index in [1.807, 2.05) is 0 Å². The molecule has 5 nitrogen and oxygen atoms in total. The van der Waals surface area contributed by atoms with E-state index in [4.69, 9.17) is 20.8 Å². The summed E-state index contributed by atoms with van der Waals surface area (Å²) in [5, 5.41) is 5.84. The van der Waals surface area contributed by atoms with Crippen molar-refractivity contribution in [3.8, 4) is 5.75 Å². The SMILES string of the molecule is O=C(NCc1ccco1)c1csc(COc2ccc(Cl)cc2)n1. The van der Waals surface area contributed by atoms with Gasteiger partial charge in [-0.05, 0) is 36.4 Å². The Hall–Kier alpha value is -2.31. The number of benzene rings is 1. The Balaban J connectivity index is 1.52. The molecule has 0 unspecified atom stereocenters. The number of ether oxygens (including phenoxy) is 1. The van der Waals surface area contributed by atoms with Gasteiger partial charge in [-0.25, -0.2) is 4.98 Å². The molecule has 0 saturated heterocycles. The number of hydrogen-bond acceptors (Lipinski definition) is 5. The van der Waals surface area contributed by atoms with Gasteiger partial charge in [-0.3, -0.25) is 4.79 Å². The lowest BCUT2D eigenvalue weighted by Crippen LogP contribution is -2.22. The van der Waals surface area contributed by atoms with Gasteiger partial charge in [-0.1, -0.05) is 11.6 Å². The highest BCUT2D eigenvalue weighted by molar-refractivity contribution is 7.09. The molecular weight excluding hydrogens is 336 g/mol. The van der Waals surface area contributed by atoms with Crippen LogP contribution in [0.5, 0.6) is 5.75 Å². The number of furan rings is 1. The third kappa shape index (κ3) is 4.34. The molecule has 118 valence electrons. The average molecular weight is 349 g/mol. The average Bonchev–Trinajstić information content (AvgIpc) is 3.24. The maximum atomic E-state index is 12.0. The van der Waals surface area contributed by atoms with Crippen LogP contribution in [-0.4, -0.2) is 10.9 Å².